The largest absolute Gasteiger partial charge is 0.444 e. The summed E-state index contributed by atoms with van der Waals surface area (Å²) in [6, 6.07) is 6.98. The third kappa shape index (κ3) is 5.49. The van der Waals surface area contributed by atoms with E-state index in [9.17, 15) is 18.0 Å². The topological polar surface area (TPSA) is 100 Å². The van der Waals surface area contributed by atoms with Gasteiger partial charge in [-0.2, -0.15) is 4.31 Å². The molecular formula is C24H27ClN4O5S3. The fourth-order valence-corrected chi connectivity index (χ4v) is 8.61. The Morgan fingerprint density at radius 2 is 1.76 bits per heavy atom. The van der Waals surface area contributed by atoms with Gasteiger partial charge in [-0.25, -0.2) is 18.2 Å². The van der Waals surface area contributed by atoms with Gasteiger partial charge >= 0.3 is 6.09 Å². The first-order chi connectivity index (χ1) is 17.4. The van der Waals surface area contributed by atoms with Crippen LogP contribution in [0.1, 0.15) is 41.1 Å². The number of sulfonamides is 1. The summed E-state index contributed by atoms with van der Waals surface area (Å²) in [6.07, 6.45) is 0.184. The molecular weight excluding hydrogens is 556 g/mol. The highest BCUT2D eigenvalue weighted by Crippen LogP contribution is 2.33. The van der Waals surface area contributed by atoms with Crippen LogP contribution in [-0.2, 0) is 27.7 Å². The first-order valence-corrected chi connectivity index (χ1v) is 15.3. The molecule has 2 aliphatic heterocycles. The van der Waals surface area contributed by atoms with Crippen molar-refractivity contribution in [2.45, 2.75) is 43.5 Å². The predicted octanol–water partition coefficient (Wildman–Crippen LogP) is 4.45. The molecule has 198 valence electrons. The Hall–Kier alpha value is -2.25. The number of ether oxygens (including phenoxy) is 1. The number of thiophene rings is 1. The lowest BCUT2D eigenvalue weighted by molar-refractivity contribution is 0.0225. The average Bonchev–Trinajstić information content (AvgIpc) is 3.46. The van der Waals surface area contributed by atoms with E-state index in [1.54, 1.807) is 28.0 Å². The van der Waals surface area contributed by atoms with E-state index in [2.05, 4.69) is 4.98 Å². The third-order valence-electron chi connectivity index (χ3n) is 6.15. The molecule has 2 amide bonds. The van der Waals surface area contributed by atoms with Crippen molar-refractivity contribution in [3.63, 3.8) is 0 Å². The number of benzene rings is 1. The van der Waals surface area contributed by atoms with Crippen LogP contribution >= 0.6 is 34.3 Å². The first-order valence-electron chi connectivity index (χ1n) is 11.9. The maximum atomic E-state index is 13.2. The predicted molar refractivity (Wildman–Crippen MR) is 144 cm³/mol. The van der Waals surface area contributed by atoms with Crippen LogP contribution < -0.4 is 0 Å². The monoisotopic (exact) mass is 582 g/mol. The lowest BCUT2D eigenvalue weighted by Gasteiger charge is -2.33. The molecule has 0 aliphatic carbocycles. The smallest absolute Gasteiger partial charge is 0.410 e. The number of thiazole rings is 1. The summed E-state index contributed by atoms with van der Waals surface area (Å²) >= 11 is 8.53. The Morgan fingerprint density at radius 3 is 2.46 bits per heavy atom. The van der Waals surface area contributed by atoms with Crippen LogP contribution in [-0.4, -0.2) is 77.8 Å². The molecule has 1 fully saturated rings. The molecule has 0 saturated carbocycles. The number of carbonyl (C=O) groups is 2. The van der Waals surface area contributed by atoms with Crippen molar-refractivity contribution in [3.05, 3.63) is 44.9 Å². The Kier molecular flexibility index (Phi) is 6.99. The summed E-state index contributed by atoms with van der Waals surface area (Å²) < 4.78 is 34.5. The number of rotatable bonds is 3. The van der Waals surface area contributed by atoms with Gasteiger partial charge in [0.2, 0.25) is 0 Å². The van der Waals surface area contributed by atoms with Crippen molar-refractivity contribution < 1.29 is 22.7 Å². The van der Waals surface area contributed by atoms with Gasteiger partial charge in [-0.1, -0.05) is 17.7 Å². The van der Waals surface area contributed by atoms with Gasteiger partial charge in [0.05, 0.1) is 12.2 Å². The highest BCUT2D eigenvalue weighted by atomic mass is 35.5. The average molecular weight is 583 g/mol. The number of hydrogen-bond acceptors (Lipinski definition) is 8. The molecule has 2 aliphatic rings. The minimum atomic E-state index is -3.67. The molecule has 9 nitrogen and oxygen atoms in total. The van der Waals surface area contributed by atoms with E-state index in [0.717, 1.165) is 20.7 Å². The second-order valence-corrected chi connectivity index (χ2v) is 14.8. The lowest BCUT2D eigenvalue weighted by atomic mass is 10.2. The van der Waals surface area contributed by atoms with Gasteiger partial charge in [-0.3, -0.25) is 4.79 Å². The molecule has 4 heterocycles. The van der Waals surface area contributed by atoms with Crippen molar-refractivity contribution in [3.8, 4) is 0 Å². The van der Waals surface area contributed by atoms with Crippen LogP contribution in [0.5, 0.6) is 0 Å². The van der Waals surface area contributed by atoms with Gasteiger partial charge in [0, 0.05) is 53.7 Å². The minimum Gasteiger partial charge on any atom is -0.444 e. The second kappa shape index (κ2) is 9.81. The number of hydrogen-bond donors (Lipinski definition) is 0. The zero-order chi connectivity index (χ0) is 26.5. The highest BCUT2D eigenvalue weighted by Gasteiger charge is 2.34. The van der Waals surface area contributed by atoms with Crippen LogP contribution in [0.25, 0.3) is 10.1 Å². The summed E-state index contributed by atoms with van der Waals surface area (Å²) in [5.74, 6) is -0.211. The molecule has 1 saturated heterocycles. The molecule has 0 atom stereocenters. The van der Waals surface area contributed by atoms with Crippen LogP contribution in [0.15, 0.2) is 28.5 Å². The number of nitrogens with zero attached hydrogens (tertiary/aromatic N) is 4. The quantitative estimate of drug-likeness (QED) is 0.452. The third-order valence-corrected chi connectivity index (χ3v) is 10.9. The first kappa shape index (κ1) is 26.4. The molecule has 2 aromatic heterocycles. The van der Waals surface area contributed by atoms with Gasteiger partial charge in [0.25, 0.3) is 15.9 Å². The molecule has 37 heavy (non-hydrogen) atoms. The van der Waals surface area contributed by atoms with Crippen LogP contribution in [0, 0.1) is 0 Å². The fraction of sp³-hybridized carbons (Fsp3) is 0.458. The normalized spacial score (nSPS) is 17.2. The summed E-state index contributed by atoms with van der Waals surface area (Å²) in [5.41, 5.74) is 0.256. The highest BCUT2D eigenvalue weighted by molar-refractivity contribution is 7.91. The number of aromatic nitrogens is 1. The summed E-state index contributed by atoms with van der Waals surface area (Å²) in [5, 5.41) is 1.76. The van der Waals surface area contributed by atoms with Gasteiger partial charge < -0.3 is 14.5 Å². The van der Waals surface area contributed by atoms with Crippen molar-refractivity contribution in [1.29, 1.82) is 0 Å². The molecule has 3 aromatic rings. The van der Waals surface area contributed by atoms with Crippen LogP contribution in [0.4, 0.5) is 4.79 Å². The molecule has 0 unspecified atom stereocenters. The van der Waals surface area contributed by atoms with E-state index < -0.39 is 15.6 Å². The number of piperazine rings is 1. The standard InChI is InChI=1S/C24H27ClN4O5S3/c1-24(2,3)34-23(31)28-7-6-17-19(14-28)36-21(26-17)22(30)27-8-10-29(11-9-27)37(32,33)20-12-15-4-5-16(25)13-18(15)35-20/h4-5,12-13H,6-11,14H2,1-3H3. The van der Waals surface area contributed by atoms with Gasteiger partial charge in [-0.15, -0.1) is 22.7 Å². The minimum absolute atomic E-state index is 0.209. The fourth-order valence-electron chi connectivity index (χ4n) is 4.27. The molecule has 5 rings (SSSR count). The number of carbonyl (C=O) groups excluding carboxylic acids is 2. The van der Waals surface area contributed by atoms with E-state index in [-0.39, 0.29) is 42.4 Å². The molecule has 0 N–H and O–H groups in total. The number of amides is 2. The Balaban J connectivity index is 1.23. The SMILES string of the molecule is CC(C)(C)OC(=O)N1CCc2nc(C(=O)N3CCN(S(=O)(=O)c4cc5ccc(Cl)cc5s4)CC3)sc2C1. The van der Waals surface area contributed by atoms with E-state index in [0.29, 0.717) is 29.5 Å². The maximum Gasteiger partial charge on any atom is 0.410 e. The number of fused-ring (bicyclic) bond motifs is 2. The number of halogens is 1. The second-order valence-electron chi connectivity index (χ2n) is 9.98. The van der Waals surface area contributed by atoms with E-state index in [1.165, 1.54) is 27.0 Å². The Bertz CT molecular complexity index is 1470. The van der Waals surface area contributed by atoms with E-state index >= 15 is 0 Å². The lowest BCUT2D eigenvalue weighted by Crippen LogP contribution is -2.50. The van der Waals surface area contributed by atoms with Crippen molar-refractivity contribution in [2.75, 3.05) is 32.7 Å². The summed E-state index contributed by atoms with van der Waals surface area (Å²) in [4.78, 5) is 34.3. The summed E-state index contributed by atoms with van der Waals surface area (Å²) in [6.45, 7) is 7.31. The Labute approximate surface area is 228 Å². The molecule has 13 heteroatoms. The zero-order valence-electron chi connectivity index (χ0n) is 20.7. The molecule has 0 spiro atoms. The van der Waals surface area contributed by atoms with E-state index in [4.69, 9.17) is 16.3 Å². The van der Waals surface area contributed by atoms with Gasteiger partial charge in [0.15, 0.2) is 5.01 Å². The molecule has 1 aromatic carbocycles. The van der Waals surface area contributed by atoms with Crippen LogP contribution in [0.2, 0.25) is 5.02 Å². The molecule has 0 bridgehead atoms. The van der Waals surface area contributed by atoms with E-state index in [1.807, 2.05) is 26.8 Å². The van der Waals surface area contributed by atoms with Gasteiger partial charge in [0.1, 0.15) is 9.81 Å². The van der Waals surface area contributed by atoms with Crippen molar-refractivity contribution in [1.82, 2.24) is 19.1 Å². The molecule has 0 radical (unpaired) electrons. The van der Waals surface area contributed by atoms with Crippen molar-refractivity contribution in [2.24, 2.45) is 0 Å². The van der Waals surface area contributed by atoms with Gasteiger partial charge in [-0.05, 0) is 44.4 Å². The zero-order valence-corrected chi connectivity index (χ0v) is 23.9. The Morgan fingerprint density at radius 1 is 1.03 bits per heavy atom. The maximum absolute atomic E-state index is 13.2. The van der Waals surface area contributed by atoms with Crippen molar-refractivity contribution >= 4 is 66.4 Å². The van der Waals surface area contributed by atoms with Crippen LogP contribution in [0.3, 0.4) is 0 Å². The summed E-state index contributed by atoms with van der Waals surface area (Å²) in [7, 11) is -3.67.